The molecule has 2 amide bonds. The summed E-state index contributed by atoms with van der Waals surface area (Å²) in [5.74, 6) is 3.53. The van der Waals surface area contributed by atoms with Crippen molar-refractivity contribution in [1.29, 1.82) is 0 Å². The van der Waals surface area contributed by atoms with Gasteiger partial charge in [-0.2, -0.15) is 13.2 Å². The first-order valence-electron chi connectivity index (χ1n) is 10.2. The molecule has 2 rings (SSSR count). The molecule has 2 aromatic carbocycles. The average molecular weight is 893 g/mol. The maximum atomic E-state index is 12.7. The van der Waals surface area contributed by atoms with Gasteiger partial charge in [-0.3, -0.25) is 29.8 Å². The van der Waals surface area contributed by atoms with E-state index < -0.39 is 47.2 Å². The van der Waals surface area contributed by atoms with E-state index in [1.54, 1.807) is 6.92 Å². The number of alkyl halides is 5. The molecule has 12 nitrogen and oxygen atoms in total. The Morgan fingerprint density at radius 1 is 0.952 bits per heavy atom. The number of hydrogen-bond donors (Lipinski definition) is 4. The van der Waals surface area contributed by atoms with Gasteiger partial charge in [-0.15, -0.1) is 5.92 Å². The van der Waals surface area contributed by atoms with Crippen LogP contribution in [-0.2, 0) is 15.8 Å². The van der Waals surface area contributed by atoms with Crippen LogP contribution in [0.25, 0.3) is 0 Å². The first-order valence-corrected chi connectivity index (χ1v) is 12.1. The fourth-order valence-corrected chi connectivity index (χ4v) is 2.73. The molecule has 0 spiro atoms. The third-order valence-corrected chi connectivity index (χ3v) is 5.15. The molecule has 0 aliphatic rings. The van der Waals surface area contributed by atoms with Gasteiger partial charge in [0.1, 0.15) is 11.1 Å². The van der Waals surface area contributed by atoms with E-state index in [1.165, 1.54) is 47.7 Å². The number of hydrogen-bond acceptors (Lipinski definition) is 8. The summed E-state index contributed by atoms with van der Waals surface area (Å²) in [6.07, 6.45) is -4.93. The van der Waals surface area contributed by atoms with Crippen molar-refractivity contribution in [2.45, 2.75) is 42.5 Å². The molecule has 0 unspecified atom stereocenters. The normalized spacial score (nSPS) is 12.7. The number of nitro groups is 2. The van der Waals surface area contributed by atoms with Crippen LogP contribution in [0.1, 0.15) is 39.3 Å². The van der Waals surface area contributed by atoms with Crippen molar-refractivity contribution in [3.63, 3.8) is 0 Å². The second-order valence-corrected chi connectivity index (χ2v) is 11.3. The van der Waals surface area contributed by atoms with Crippen molar-refractivity contribution < 1.29 is 96.4 Å². The monoisotopic (exact) mass is 892 g/mol. The number of nitrogens with zero attached hydrogens (tertiary/aromatic N) is 2. The molecule has 0 heterocycles. The van der Waals surface area contributed by atoms with Gasteiger partial charge in [0, 0.05) is 23.5 Å². The van der Waals surface area contributed by atoms with Gasteiger partial charge in [0.25, 0.3) is 23.2 Å². The Hall–Kier alpha value is -1.61. The van der Waals surface area contributed by atoms with Crippen molar-refractivity contribution >= 4 is 73.1 Å². The van der Waals surface area contributed by atoms with Crippen LogP contribution in [0.2, 0.25) is 0 Å². The van der Waals surface area contributed by atoms with E-state index in [1.807, 2.05) is 5.32 Å². The van der Waals surface area contributed by atoms with E-state index in [-0.39, 0.29) is 77.9 Å². The molecule has 2 aromatic rings. The maximum Gasteiger partial charge on any atom is 1.00 e. The number of halogens is 6. The van der Waals surface area contributed by atoms with Gasteiger partial charge in [-0.05, 0) is 83.6 Å². The predicted molar refractivity (Wildman–Crippen MR) is 152 cm³/mol. The molecule has 4 N–H and O–H groups in total. The molecule has 0 aliphatic carbocycles. The molecule has 0 radical (unpaired) electrons. The van der Waals surface area contributed by atoms with Crippen molar-refractivity contribution in [2.24, 2.45) is 0 Å². The molecule has 0 aliphatic heterocycles. The van der Waals surface area contributed by atoms with E-state index >= 15 is 0 Å². The van der Waals surface area contributed by atoms with E-state index in [2.05, 4.69) is 33.1 Å². The molecule has 0 saturated heterocycles. The third kappa shape index (κ3) is 14.2. The zero-order valence-corrected chi connectivity index (χ0v) is 29.4. The number of carbonyl (C=O) groups is 2. The summed E-state index contributed by atoms with van der Waals surface area (Å²) in [5, 5.41) is 44.6. The number of anilines is 2. The fraction of sp³-hybridized carbons (Fsp3) is 0.304. The molecule has 0 fully saturated rings. The largest absolute Gasteiger partial charge is 1.00 e. The van der Waals surface area contributed by atoms with Crippen molar-refractivity contribution in [2.75, 3.05) is 10.6 Å². The number of nitrogens with one attached hydrogen (secondary N) is 2. The average Bonchev–Trinajstić information content (AvgIpc) is 2.77. The second kappa shape index (κ2) is 18.3. The summed E-state index contributed by atoms with van der Waals surface area (Å²) in [5.41, 5.74) is -2.53. The van der Waals surface area contributed by atoms with Crippen LogP contribution in [0.15, 0.2) is 36.4 Å². The molecule has 2 atom stereocenters. The number of benzene rings is 2. The summed E-state index contributed by atoms with van der Waals surface area (Å²) in [7, 11) is 0. The van der Waals surface area contributed by atoms with E-state index in [9.17, 15) is 53.2 Å². The van der Waals surface area contributed by atoms with Gasteiger partial charge < -0.3 is 44.8 Å². The van der Waals surface area contributed by atoms with Crippen LogP contribution >= 0.6 is 38.5 Å². The van der Waals surface area contributed by atoms with Crippen LogP contribution < -0.4 is 64.2 Å². The zero-order valence-electron chi connectivity index (χ0n) is 21.5. The molecule has 42 heavy (non-hydrogen) atoms. The Bertz CT molecular complexity index is 1360. The Morgan fingerprint density at radius 3 is 1.76 bits per heavy atom. The van der Waals surface area contributed by atoms with E-state index in [0.29, 0.717) is 17.8 Å². The third-order valence-electron chi connectivity index (χ3n) is 4.30. The smallest absolute Gasteiger partial charge is 1.00 e. The summed E-state index contributed by atoms with van der Waals surface area (Å²) < 4.78 is 34.5. The quantitative estimate of drug-likeness (QED) is 0.0737. The van der Waals surface area contributed by atoms with Gasteiger partial charge in [-0.25, -0.2) is 0 Å². The van der Waals surface area contributed by atoms with Crippen LogP contribution in [0, 0.1) is 32.1 Å². The van der Waals surface area contributed by atoms with Crippen LogP contribution in [-0.4, -0.2) is 40.0 Å². The number of carbonyl (C=O) groups excluding carboxylic acids is 2. The molecule has 226 valence electrons. The van der Waals surface area contributed by atoms with Gasteiger partial charge >= 0.3 is 35.7 Å². The van der Waals surface area contributed by atoms with Crippen LogP contribution in [0.5, 0.6) is 0 Å². The minimum absolute atomic E-state index is 0. The van der Waals surface area contributed by atoms with Crippen molar-refractivity contribution in [3.8, 4) is 11.8 Å². The first-order chi connectivity index (χ1) is 17.7. The Morgan fingerprint density at radius 2 is 1.38 bits per heavy atom. The Kier molecular flexibility index (Phi) is 19.5. The Balaban J connectivity index is -0.000000677. The van der Waals surface area contributed by atoms with Gasteiger partial charge in [-0.1, -0.05) is 13.3 Å². The van der Waals surface area contributed by atoms with E-state index in [4.69, 9.17) is 0 Å². The van der Waals surface area contributed by atoms with Gasteiger partial charge in [0.05, 0.1) is 9.85 Å². The first kappa shape index (κ1) is 44.8. The topological polar surface area (TPSA) is 185 Å². The minimum Gasteiger partial charge on any atom is -1.00 e. The minimum atomic E-state index is -4.93. The van der Waals surface area contributed by atoms with Gasteiger partial charge in [0.15, 0.2) is 8.12 Å². The number of aliphatic hydroxyl groups is 2. The standard InChI is InChI=1S/C12H11BrN2O4.C10H8F3IN2O4.CH4.HI.Na/c1-3-4-8-7-9(5-6-10(8)15(18)19)14-11(16)12(2,13)17;1-9(14,18)8(17)15-5-2-3-7(16(19)20)6(4-5)10(11,12)13;;;/h5-7,17H,1-2H3,(H,14,16);2-4,18H,1H3,(H,15,17);1H4;1H;/q;;;;+1/p-1/t12-;9-;;;/m11.../s1/i;14-2;;1-2;. The van der Waals surface area contributed by atoms with Crippen molar-refractivity contribution in [3.05, 3.63) is 67.8 Å². The van der Waals surface area contributed by atoms with E-state index in [0.717, 1.165) is 13.0 Å². The van der Waals surface area contributed by atoms with Gasteiger partial charge in [0.2, 0.25) is 0 Å². The number of rotatable bonds is 6. The maximum absolute atomic E-state index is 12.7. The summed E-state index contributed by atoms with van der Waals surface area (Å²) in [6, 6.07) is 6.03. The molecular weight excluding hydrogens is 870 g/mol. The molecule has 0 aromatic heterocycles. The summed E-state index contributed by atoms with van der Waals surface area (Å²) in [6.45, 7) is 3.96. The molecule has 19 heteroatoms. The summed E-state index contributed by atoms with van der Waals surface area (Å²) >= 11 is 4.18. The predicted octanol–water partition coefficient (Wildman–Crippen LogP) is -0.652. The van der Waals surface area contributed by atoms with Crippen molar-refractivity contribution in [1.82, 2.24) is 0 Å². The fourth-order valence-electron chi connectivity index (χ4n) is 2.50. The number of nitro benzene ring substituents is 2. The molecular formula is C23H23BrF3I2N4NaO8. The summed E-state index contributed by atoms with van der Waals surface area (Å²) in [4.78, 5) is 42.6. The SMILES string of the molecule is C.CC#Cc1cc(NC(=O)[C@@](C)(O)Br)ccc1[N+](=O)[O-].C[C@](O)([125I])C(=O)Nc1ccc([N+](=O)[O-])c(C(F)(F)F)c1.[125I-].[Na+]. The molecule has 0 bridgehead atoms. The van der Waals surface area contributed by atoms with Crippen LogP contribution in [0.3, 0.4) is 0 Å². The second-order valence-electron chi connectivity index (χ2n) is 7.67. The Labute approximate surface area is 299 Å². The van der Waals surface area contributed by atoms with Crippen LogP contribution in [0.4, 0.5) is 35.9 Å². The number of amides is 2. The molecule has 0 saturated carbocycles. The zero-order chi connectivity index (χ0) is 30.3.